The molecule has 1 aliphatic rings. The van der Waals surface area contributed by atoms with Gasteiger partial charge in [0.1, 0.15) is 5.82 Å². The van der Waals surface area contributed by atoms with Crippen molar-refractivity contribution in [2.45, 2.75) is 51.5 Å². The Morgan fingerprint density at radius 2 is 1.75 bits per heavy atom. The van der Waals surface area contributed by atoms with Crippen LogP contribution in [0, 0.1) is 5.82 Å². The summed E-state index contributed by atoms with van der Waals surface area (Å²) < 4.78 is 14.5. The highest BCUT2D eigenvalue weighted by atomic mass is 19.1. The molecular weight excluding hydrogens is 351 g/mol. The van der Waals surface area contributed by atoms with Crippen LogP contribution >= 0.6 is 0 Å². The van der Waals surface area contributed by atoms with Crippen molar-refractivity contribution >= 4 is 11.6 Å². The van der Waals surface area contributed by atoms with Crippen LogP contribution in [-0.2, 0) is 11.2 Å². The summed E-state index contributed by atoms with van der Waals surface area (Å²) in [6.45, 7) is 5.00. The second-order valence-electron chi connectivity index (χ2n) is 7.63. The van der Waals surface area contributed by atoms with Crippen molar-refractivity contribution in [3.05, 3.63) is 66.0 Å². The molecular formula is C24H31FN2O. The summed E-state index contributed by atoms with van der Waals surface area (Å²) in [6, 6.07) is 17.3. The molecule has 1 heterocycles. The summed E-state index contributed by atoms with van der Waals surface area (Å²) in [5.41, 5.74) is 1.79. The number of rotatable bonds is 8. The first-order valence-electron chi connectivity index (χ1n) is 10.5. The quantitative estimate of drug-likeness (QED) is 0.637. The molecule has 0 atom stereocenters. The van der Waals surface area contributed by atoms with Gasteiger partial charge in [0.25, 0.3) is 0 Å². The first kappa shape index (κ1) is 20.5. The Bertz CT molecular complexity index is 741. The lowest BCUT2D eigenvalue weighted by atomic mass is 10.0. The number of unbranched alkanes of at least 4 members (excludes halogenated alkanes) is 1. The van der Waals surface area contributed by atoms with E-state index in [1.165, 1.54) is 11.6 Å². The number of halogens is 1. The van der Waals surface area contributed by atoms with E-state index in [1.54, 1.807) is 17.0 Å². The first-order valence-corrected chi connectivity index (χ1v) is 10.5. The van der Waals surface area contributed by atoms with E-state index >= 15 is 0 Å². The Hall–Kier alpha value is -2.20. The topological polar surface area (TPSA) is 23.6 Å². The van der Waals surface area contributed by atoms with Gasteiger partial charge in [0.15, 0.2) is 0 Å². The van der Waals surface area contributed by atoms with Crippen LogP contribution in [0.15, 0.2) is 54.6 Å². The smallest absolute Gasteiger partial charge is 0.227 e. The number of anilines is 1. The Balaban J connectivity index is 1.62. The zero-order chi connectivity index (χ0) is 19.8. The Kier molecular flexibility index (Phi) is 7.61. The van der Waals surface area contributed by atoms with E-state index in [2.05, 4.69) is 36.1 Å². The number of likely N-dealkylation sites (tertiary alicyclic amines) is 1. The molecule has 28 heavy (non-hydrogen) atoms. The van der Waals surface area contributed by atoms with E-state index in [-0.39, 0.29) is 17.8 Å². The van der Waals surface area contributed by atoms with E-state index in [0.717, 1.165) is 51.7 Å². The van der Waals surface area contributed by atoms with Crippen LogP contribution < -0.4 is 4.90 Å². The molecule has 4 heteroatoms. The normalized spacial score (nSPS) is 15.5. The van der Waals surface area contributed by atoms with E-state index in [4.69, 9.17) is 0 Å². The Morgan fingerprint density at radius 3 is 2.43 bits per heavy atom. The fourth-order valence-electron chi connectivity index (χ4n) is 3.96. The van der Waals surface area contributed by atoms with Gasteiger partial charge < -0.3 is 9.80 Å². The van der Waals surface area contributed by atoms with Gasteiger partial charge in [0.2, 0.25) is 5.91 Å². The summed E-state index contributed by atoms with van der Waals surface area (Å²) in [4.78, 5) is 17.1. The van der Waals surface area contributed by atoms with Gasteiger partial charge in [0.05, 0.1) is 5.69 Å². The minimum absolute atomic E-state index is 0.0506. The van der Waals surface area contributed by atoms with Gasteiger partial charge in [-0.1, -0.05) is 55.8 Å². The highest BCUT2D eigenvalue weighted by Crippen LogP contribution is 2.27. The lowest BCUT2D eigenvalue weighted by molar-refractivity contribution is -0.119. The van der Waals surface area contributed by atoms with Crippen molar-refractivity contribution in [1.82, 2.24) is 4.90 Å². The highest BCUT2D eigenvalue weighted by Gasteiger charge is 2.30. The Labute approximate surface area is 168 Å². The maximum absolute atomic E-state index is 14.5. The molecule has 3 rings (SSSR count). The predicted molar refractivity (Wildman–Crippen MR) is 113 cm³/mol. The molecule has 0 saturated carbocycles. The summed E-state index contributed by atoms with van der Waals surface area (Å²) >= 11 is 0. The van der Waals surface area contributed by atoms with Crippen LogP contribution in [0.3, 0.4) is 0 Å². The largest absolute Gasteiger partial charge is 0.306 e. The van der Waals surface area contributed by atoms with E-state index in [1.807, 2.05) is 12.1 Å². The standard InChI is InChI=1S/C24H31FN2O/c1-2-3-13-24(28)27(23-12-8-7-11-22(23)25)21-15-18-26(19-16-21)17-14-20-9-5-4-6-10-20/h4-12,21H,2-3,13-19H2,1H3. The number of hydrogen-bond donors (Lipinski definition) is 0. The molecule has 1 fully saturated rings. The number of hydrogen-bond acceptors (Lipinski definition) is 2. The fourth-order valence-corrected chi connectivity index (χ4v) is 3.96. The van der Waals surface area contributed by atoms with Gasteiger partial charge in [-0.3, -0.25) is 4.79 Å². The number of benzene rings is 2. The SMILES string of the molecule is CCCCC(=O)N(c1ccccc1F)C1CCN(CCc2ccccc2)CC1. The van der Waals surface area contributed by atoms with Crippen molar-refractivity contribution in [3.63, 3.8) is 0 Å². The number of para-hydroxylation sites is 1. The first-order chi connectivity index (χ1) is 13.7. The number of nitrogens with zero attached hydrogens (tertiary/aromatic N) is 2. The van der Waals surface area contributed by atoms with Crippen molar-refractivity contribution in [3.8, 4) is 0 Å². The number of carbonyl (C=O) groups is 1. The van der Waals surface area contributed by atoms with Crippen molar-refractivity contribution in [2.75, 3.05) is 24.5 Å². The third-order valence-corrected chi connectivity index (χ3v) is 5.61. The van der Waals surface area contributed by atoms with Gasteiger partial charge in [0, 0.05) is 32.1 Å². The molecule has 0 aliphatic carbocycles. The summed E-state index contributed by atoms with van der Waals surface area (Å²) in [7, 11) is 0. The molecule has 2 aromatic carbocycles. The van der Waals surface area contributed by atoms with Crippen LogP contribution in [0.4, 0.5) is 10.1 Å². The van der Waals surface area contributed by atoms with Gasteiger partial charge in [-0.2, -0.15) is 0 Å². The monoisotopic (exact) mass is 382 g/mol. The third-order valence-electron chi connectivity index (χ3n) is 5.61. The van der Waals surface area contributed by atoms with Crippen LogP contribution in [-0.4, -0.2) is 36.5 Å². The molecule has 0 spiro atoms. The second-order valence-corrected chi connectivity index (χ2v) is 7.63. The zero-order valence-corrected chi connectivity index (χ0v) is 16.8. The van der Waals surface area contributed by atoms with Gasteiger partial charge >= 0.3 is 0 Å². The molecule has 3 nitrogen and oxygen atoms in total. The predicted octanol–water partition coefficient (Wildman–Crippen LogP) is 5.06. The average molecular weight is 383 g/mol. The molecule has 0 aromatic heterocycles. The molecule has 150 valence electrons. The maximum Gasteiger partial charge on any atom is 0.227 e. The number of piperidine rings is 1. The molecule has 0 radical (unpaired) electrons. The number of amides is 1. The minimum atomic E-state index is -0.307. The van der Waals surface area contributed by atoms with Crippen LogP contribution in [0.25, 0.3) is 0 Å². The molecule has 0 N–H and O–H groups in total. The summed E-state index contributed by atoms with van der Waals surface area (Å²) in [5, 5.41) is 0. The minimum Gasteiger partial charge on any atom is -0.306 e. The van der Waals surface area contributed by atoms with Crippen molar-refractivity contribution in [1.29, 1.82) is 0 Å². The van der Waals surface area contributed by atoms with Gasteiger partial charge in [-0.25, -0.2) is 4.39 Å². The second kappa shape index (κ2) is 10.4. The lowest BCUT2D eigenvalue weighted by Gasteiger charge is -2.39. The summed E-state index contributed by atoms with van der Waals surface area (Å²) in [5.74, 6) is -0.256. The lowest BCUT2D eigenvalue weighted by Crippen LogP contribution is -2.48. The van der Waals surface area contributed by atoms with Gasteiger partial charge in [-0.15, -0.1) is 0 Å². The van der Waals surface area contributed by atoms with Crippen LogP contribution in [0.2, 0.25) is 0 Å². The number of carbonyl (C=O) groups excluding carboxylic acids is 1. The molecule has 1 saturated heterocycles. The van der Waals surface area contributed by atoms with Crippen LogP contribution in [0.1, 0.15) is 44.6 Å². The van der Waals surface area contributed by atoms with Crippen LogP contribution in [0.5, 0.6) is 0 Å². The van der Waals surface area contributed by atoms with E-state index in [9.17, 15) is 9.18 Å². The zero-order valence-electron chi connectivity index (χ0n) is 16.8. The Morgan fingerprint density at radius 1 is 1.07 bits per heavy atom. The maximum atomic E-state index is 14.5. The molecule has 1 aliphatic heterocycles. The fraction of sp³-hybridized carbons (Fsp3) is 0.458. The van der Waals surface area contributed by atoms with Crippen molar-refractivity contribution < 1.29 is 9.18 Å². The third kappa shape index (κ3) is 5.41. The molecule has 2 aromatic rings. The molecule has 1 amide bonds. The molecule has 0 unspecified atom stereocenters. The summed E-state index contributed by atoms with van der Waals surface area (Å²) in [6.07, 6.45) is 5.12. The molecule has 0 bridgehead atoms. The van der Waals surface area contributed by atoms with E-state index in [0.29, 0.717) is 12.1 Å². The van der Waals surface area contributed by atoms with E-state index < -0.39 is 0 Å². The van der Waals surface area contributed by atoms with Gasteiger partial charge in [-0.05, 0) is 43.4 Å². The van der Waals surface area contributed by atoms with Crippen molar-refractivity contribution in [2.24, 2.45) is 0 Å². The highest BCUT2D eigenvalue weighted by molar-refractivity contribution is 5.94. The average Bonchev–Trinajstić information content (AvgIpc) is 2.74.